The lowest BCUT2D eigenvalue weighted by molar-refractivity contribution is -0.385. The van der Waals surface area contributed by atoms with Crippen LogP contribution in [0.1, 0.15) is 34.1 Å². The van der Waals surface area contributed by atoms with E-state index >= 15 is 0 Å². The van der Waals surface area contributed by atoms with Gasteiger partial charge in [-0.25, -0.2) is 4.98 Å². The number of carbonyl (C=O) groups excluding carboxylic acids is 3. The molecule has 3 heterocycles. The average molecular weight is 423 g/mol. The summed E-state index contributed by atoms with van der Waals surface area (Å²) in [5, 5.41) is 10.8. The van der Waals surface area contributed by atoms with E-state index in [-0.39, 0.29) is 11.6 Å². The average Bonchev–Trinajstić information content (AvgIpc) is 2.93. The van der Waals surface area contributed by atoms with Crippen molar-refractivity contribution in [3.8, 4) is 0 Å². The fourth-order valence-electron chi connectivity index (χ4n) is 3.97. The summed E-state index contributed by atoms with van der Waals surface area (Å²) < 4.78 is 0. The molecule has 1 aromatic heterocycles. The van der Waals surface area contributed by atoms with Crippen LogP contribution in [0.2, 0.25) is 0 Å². The van der Waals surface area contributed by atoms with Gasteiger partial charge in [-0.2, -0.15) is 0 Å². The minimum atomic E-state index is -0.906. The second kappa shape index (κ2) is 8.13. The smallest absolute Gasteiger partial charge is 0.287 e. The van der Waals surface area contributed by atoms with Crippen molar-refractivity contribution < 1.29 is 19.3 Å². The summed E-state index contributed by atoms with van der Waals surface area (Å²) in [7, 11) is 0. The van der Waals surface area contributed by atoms with Crippen LogP contribution in [0.5, 0.6) is 0 Å². The van der Waals surface area contributed by atoms with Crippen LogP contribution in [-0.4, -0.2) is 69.6 Å². The number of imide groups is 1. The molecule has 0 spiro atoms. The number of hydrogen-bond donors (Lipinski definition) is 0. The first-order valence-corrected chi connectivity index (χ1v) is 9.99. The normalized spacial score (nSPS) is 17.4. The van der Waals surface area contributed by atoms with Gasteiger partial charge >= 0.3 is 0 Å². The number of amides is 3. The third kappa shape index (κ3) is 3.72. The van der Waals surface area contributed by atoms with Gasteiger partial charge in [0, 0.05) is 32.2 Å². The molecule has 3 amide bonds. The van der Waals surface area contributed by atoms with Crippen molar-refractivity contribution in [1.29, 1.82) is 0 Å². The predicted molar refractivity (Wildman–Crippen MR) is 111 cm³/mol. The summed E-state index contributed by atoms with van der Waals surface area (Å²) >= 11 is 0. The standard InChI is InChI=1S/C21H21N5O5/c1-14(25-20(28)16-5-2-3-6-17(16)21(25)29)19(27)24-10-4-9-23(11-12-24)18-8-7-15(13-22-18)26(30)31/h2-3,5-8,13-14H,4,9-12H2,1H3. The highest BCUT2D eigenvalue weighted by molar-refractivity contribution is 6.22. The molecule has 0 bridgehead atoms. The molecule has 31 heavy (non-hydrogen) atoms. The number of aromatic nitrogens is 1. The summed E-state index contributed by atoms with van der Waals surface area (Å²) in [6.07, 6.45) is 1.88. The van der Waals surface area contributed by atoms with Crippen LogP contribution in [0, 0.1) is 10.1 Å². The molecule has 0 saturated carbocycles. The highest BCUT2D eigenvalue weighted by Gasteiger charge is 2.41. The Labute approximate surface area is 178 Å². The minimum absolute atomic E-state index is 0.0786. The van der Waals surface area contributed by atoms with Gasteiger partial charge < -0.3 is 9.80 Å². The summed E-state index contributed by atoms with van der Waals surface area (Å²) in [6, 6.07) is 8.65. The van der Waals surface area contributed by atoms with E-state index < -0.39 is 22.8 Å². The number of rotatable bonds is 4. The van der Waals surface area contributed by atoms with Crippen LogP contribution in [-0.2, 0) is 4.79 Å². The second-order valence-corrected chi connectivity index (χ2v) is 7.50. The molecule has 1 atom stereocenters. The van der Waals surface area contributed by atoms with Crippen molar-refractivity contribution in [3.63, 3.8) is 0 Å². The third-order valence-corrected chi connectivity index (χ3v) is 5.64. The minimum Gasteiger partial charge on any atom is -0.355 e. The van der Waals surface area contributed by atoms with Gasteiger partial charge in [0.25, 0.3) is 17.5 Å². The Hall–Kier alpha value is -3.82. The van der Waals surface area contributed by atoms with Crippen molar-refractivity contribution in [2.45, 2.75) is 19.4 Å². The van der Waals surface area contributed by atoms with E-state index in [0.29, 0.717) is 49.5 Å². The van der Waals surface area contributed by atoms with E-state index in [1.807, 2.05) is 4.90 Å². The van der Waals surface area contributed by atoms with Crippen LogP contribution in [0.15, 0.2) is 42.6 Å². The Bertz CT molecular complexity index is 1020. The largest absolute Gasteiger partial charge is 0.355 e. The van der Waals surface area contributed by atoms with E-state index in [9.17, 15) is 24.5 Å². The number of hydrogen-bond acceptors (Lipinski definition) is 7. The molecule has 10 heteroatoms. The fourth-order valence-corrected chi connectivity index (χ4v) is 3.97. The van der Waals surface area contributed by atoms with Gasteiger partial charge in [-0.3, -0.25) is 29.4 Å². The number of fused-ring (bicyclic) bond motifs is 1. The van der Waals surface area contributed by atoms with Gasteiger partial charge in [0.2, 0.25) is 5.91 Å². The van der Waals surface area contributed by atoms with Crippen LogP contribution in [0.25, 0.3) is 0 Å². The zero-order valence-corrected chi connectivity index (χ0v) is 16.9. The van der Waals surface area contributed by atoms with Crippen molar-refractivity contribution >= 4 is 29.2 Å². The van der Waals surface area contributed by atoms with Gasteiger partial charge in [-0.1, -0.05) is 12.1 Å². The van der Waals surface area contributed by atoms with Crippen LogP contribution < -0.4 is 4.90 Å². The zero-order valence-electron chi connectivity index (χ0n) is 16.9. The first kappa shape index (κ1) is 20.5. The molecule has 2 aliphatic rings. The Balaban J connectivity index is 1.43. The Morgan fingerprint density at radius 1 is 1.03 bits per heavy atom. The number of anilines is 1. The van der Waals surface area contributed by atoms with Crippen molar-refractivity contribution in [2.24, 2.45) is 0 Å². The first-order valence-electron chi connectivity index (χ1n) is 9.99. The summed E-state index contributed by atoms with van der Waals surface area (Å²) in [5.74, 6) is -0.581. The van der Waals surface area contributed by atoms with E-state index in [1.54, 1.807) is 42.2 Å². The molecule has 0 radical (unpaired) electrons. The summed E-state index contributed by atoms with van der Waals surface area (Å²) in [6.45, 7) is 3.58. The summed E-state index contributed by atoms with van der Waals surface area (Å²) in [5.41, 5.74) is 0.557. The van der Waals surface area contributed by atoms with Gasteiger partial charge in [-0.05, 0) is 31.5 Å². The van der Waals surface area contributed by atoms with Gasteiger partial charge in [0.1, 0.15) is 18.1 Å². The first-order chi connectivity index (χ1) is 14.9. The van der Waals surface area contributed by atoms with Crippen LogP contribution >= 0.6 is 0 Å². The van der Waals surface area contributed by atoms with Gasteiger partial charge in [0.15, 0.2) is 0 Å². The lowest BCUT2D eigenvalue weighted by Crippen LogP contribution is -2.50. The maximum atomic E-state index is 13.1. The van der Waals surface area contributed by atoms with Crippen molar-refractivity contribution in [3.05, 3.63) is 63.8 Å². The highest BCUT2D eigenvalue weighted by Crippen LogP contribution is 2.25. The molecular formula is C21H21N5O5. The number of benzene rings is 1. The quantitative estimate of drug-likeness (QED) is 0.417. The van der Waals surface area contributed by atoms with Crippen LogP contribution in [0.3, 0.4) is 0 Å². The maximum Gasteiger partial charge on any atom is 0.287 e. The van der Waals surface area contributed by atoms with E-state index in [0.717, 1.165) is 4.90 Å². The van der Waals surface area contributed by atoms with Gasteiger partial charge in [-0.15, -0.1) is 0 Å². The maximum absolute atomic E-state index is 13.1. The lowest BCUT2D eigenvalue weighted by atomic mass is 10.1. The SMILES string of the molecule is CC(C(=O)N1CCCN(c2ccc([N+](=O)[O-])cn2)CC1)N1C(=O)c2ccccc2C1=O. The predicted octanol–water partition coefficient (Wildman–Crippen LogP) is 1.71. The molecule has 0 N–H and O–H groups in total. The molecule has 1 aromatic carbocycles. The number of nitrogens with zero attached hydrogens (tertiary/aromatic N) is 5. The number of carbonyl (C=O) groups is 3. The monoisotopic (exact) mass is 423 g/mol. The molecule has 1 unspecified atom stereocenters. The van der Waals surface area contributed by atoms with E-state index in [2.05, 4.69) is 4.98 Å². The Morgan fingerprint density at radius 3 is 2.29 bits per heavy atom. The van der Waals surface area contributed by atoms with Crippen molar-refractivity contribution in [2.75, 3.05) is 31.1 Å². The Kier molecular flexibility index (Phi) is 5.37. The lowest BCUT2D eigenvalue weighted by Gasteiger charge is -2.28. The fraction of sp³-hybridized carbons (Fsp3) is 0.333. The second-order valence-electron chi connectivity index (χ2n) is 7.50. The molecule has 4 rings (SSSR count). The highest BCUT2D eigenvalue weighted by atomic mass is 16.6. The van der Waals surface area contributed by atoms with Crippen molar-refractivity contribution in [1.82, 2.24) is 14.8 Å². The number of nitro groups is 1. The molecule has 0 aliphatic carbocycles. The topological polar surface area (TPSA) is 117 Å². The molecular weight excluding hydrogens is 402 g/mol. The third-order valence-electron chi connectivity index (χ3n) is 5.64. The Morgan fingerprint density at radius 2 is 1.71 bits per heavy atom. The van der Waals surface area contributed by atoms with Gasteiger partial charge in [0.05, 0.1) is 16.1 Å². The zero-order chi connectivity index (χ0) is 22.1. The molecule has 2 aromatic rings. The van der Waals surface area contributed by atoms with E-state index in [4.69, 9.17) is 0 Å². The molecule has 160 valence electrons. The molecule has 2 aliphatic heterocycles. The van der Waals surface area contributed by atoms with Crippen LogP contribution in [0.4, 0.5) is 11.5 Å². The molecule has 1 saturated heterocycles. The summed E-state index contributed by atoms with van der Waals surface area (Å²) in [4.78, 5) is 57.6. The molecule has 1 fully saturated rings. The number of pyridine rings is 1. The van der Waals surface area contributed by atoms with E-state index in [1.165, 1.54) is 12.3 Å². The molecule has 10 nitrogen and oxygen atoms in total.